The fraction of sp³-hybridized carbons (Fsp3) is 0.0577. The van der Waals surface area contributed by atoms with Crippen LogP contribution in [0, 0.1) is 5.92 Å². The molecule has 12 rings (SSSR count). The number of benzene rings is 7. The maximum atomic E-state index is 6.54. The molecule has 0 spiro atoms. The summed E-state index contributed by atoms with van der Waals surface area (Å²) in [5.74, 6) is 2.25. The van der Waals surface area contributed by atoms with E-state index in [4.69, 9.17) is 23.8 Å². The zero-order valence-corrected chi connectivity index (χ0v) is 32.3. The van der Waals surface area contributed by atoms with Gasteiger partial charge in [0.15, 0.2) is 17.5 Å². The number of hydrogen-bond acceptors (Lipinski definition) is 6. The number of thiophene rings is 1. The predicted molar refractivity (Wildman–Crippen MR) is 240 cm³/mol. The lowest BCUT2D eigenvalue weighted by Crippen LogP contribution is -2.02. The Labute approximate surface area is 337 Å². The highest BCUT2D eigenvalue weighted by Gasteiger charge is 2.24. The molecule has 0 fully saturated rings. The van der Waals surface area contributed by atoms with Gasteiger partial charge in [0, 0.05) is 58.4 Å². The third-order valence-corrected chi connectivity index (χ3v) is 12.8. The summed E-state index contributed by atoms with van der Waals surface area (Å²) >= 11 is 1.79. The number of furan rings is 2. The van der Waals surface area contributed by atoms with Crippen LogP contribution in [0.1, 0.15) is 18.9 Å². The zero-order chi connectivity index (χ0) is 38.3. The second kappa shape index (κ2) is 12.9. The van der Waals surface area contributed by atoms with Crippen molar-refractivity contribution in [2.24, 2.45) is 5.92 Å². The lowest BCUT2D eigenvalue weighted by atomic mass is 9.88. The van der Waals surface area contributed by atoms with Gasteiger partial charge in [0.1, 0.15) is 22.3 Å². The van der Waals surface area contributed by atoms with E-state index in [1.165, 1.54) is 31.3 Å². The summed E-state index contributed by atoms with van der Waals surface area (Å²) < 4.78 is 15.4. The molecule has 0 N–H and O–H groups in total. The molecule has 0 aliphatic heterocycles. The largest absolute Gasteiger partial charge is 0.456 e. The first kappa shape index (κ1) is 33.0. The summed E-state index contributed by atoms with van der Waals surface area (Å²) in [5.41, 5.74) is 10.6. The molecule has 6 heteroatoms. The van der Waals surface area contributed by atoms with Gasteiger partial charge < -0.3 is 8.83 Å². The number of aromatic nitrogens is 3. The molecule has 4 heterocycles. The Morgan fingerprint density at radius 2 is 1.12 bits per heavy atom. The van der Waals surface area contributed by atoms with Crippen LogP contribution < -0.4 is 0 Å². The summed E-state index contributed by atoms with van der Waals surface area (Å²) in [6.07, 6.45) is 7.66. The first-order chi connectivity index (χ1) is 28.6. The lowest BCUT2D eigenvalue weighted by Gasteiger charge is -2.18. The fourth-order valence-electron chi connectivity index (χ4n) is 8.82. The van der Waals surface area contributed by atoms with Crippen molar-refractivity contribution in [1.82, 2.24) is 15.0 Å². The molecule has 0 amide bonds. The normalized spacial score (nSPS) is 14.4. The van der Waals surface area contributed by atoms with E-state index in [1.807, 2.05) is 30.3 Å². The second-order valence-electron chi connectivity index (χ2n) is 15.1. The molecule has 1 aliphatic rings. The van der Waals surface area contributed by atoms with Crippen LogP contribution in [0.25, 0.3) is 115 Å². The van der Waals surface area contributed by atoms with E-state index in [-0.39, 0.29) is 0 Å². The molecular formula is C52H33N3O2S. The standard InChI is InChI=1S/C52H33N3O2S/c1-30-11-2-3-12-34(30)31-21-23-32(24-22-31)50-53-51(33-25-26-36-35-13-6-9-20-45(35)58-46(36)29-33)55-52(54-50)49-38(27-28-44-48(49)40-15-5-8-18-42(40)57-44)37-16-10-19-43-47(37)39-14-4-7-17-41(39)56-43/h2-10,12-30H,11H2,1H3. The second-order valence-corrected chi connectivity index (χ2v) is 16.2. The average molecular weight is 764 g/mol. The molecule has 5 nitrogen and oxygen atoms in total. The van der Waals surface area contributed by atoms with Gasteiger partial charge in [0.05, 0.1) is 0 Å². The smallest absolute Gasteiger partial charge is 0.165 e. The van der Waals surface area contributed by atoms with Crippen LogP contribution in [0.4, 0.5) is 0 Å². The Kier molecular flexibility index (Phi) is 7.37. The molecule has 58 heavy (non-hydrogen) atoms. The molecule has 1 unspecified atom stereocenters. The topological polar surface area (TPSA) is 65.0 Å². The molecule has 1 aliphatic carbocycles. The molecule has 0 saturated heterocycles. The van der Waals surface area contributed by atoms with Gasteiger partial charge in [0.25, 0.3) is 0 Å². The van der Waals surface area contributed by atoms with Gasteiger partial charge in [-0.3, -0.25) is 0 Å². The summed E-state index contributed by atoms with van der Waals surface area (Å²) in [4.78, 5) is 16.1. The Balaban J connectivity index is 1.14. The van der Waals surface area contributed by atoms with Crippen LogP contribution in [0.3, 0.4) is 0 Å². The van der Waals surface area contributed by atoms with E-state index in [9.17, 15) is 0 Å². The molecule has 1 atom stereocenters. The van der Waals surface area contributed by atoms with E-state index in [0.29, 0.717) is 23.4 Å². The van der Waals surface area contributed by atoms with Crippen molar-refractivity contribution < 1.29 is 8.83 Å². The highest BCUT2D eigenvalue weighted by molar-refractivity contribution is 7.25. The summed E-state index contributed by atoms with van der Waals surface area (Å²) in [7, 11) is 0. The van der Waals surface area contributed by atoms with Gasteiger partial charge >= 0.3 is 0 Å². The average Bonchev–Trinajstić information content (AvgIpc) is 3.97. The number of fused-ring (bicyclic) bond motifs is 9. The van der Waals surface area contributed by atoms with Crippen molar-refractivity contribution in [3.63, 3.8) is 0 Å². The summed E-state index contributed by atoms with van der Waals surface area (Å²) in [6.45, 7) is 2.28. The van der Waals surface area contributed by atoms with Crippen LogP contribution in [0.5, 0.6) is 0 Å². The van der Waals surface area contributed by atoms with Crippen LogP contribution in [-0.2, 0) is 0 Å². The highest BCUT2D eigenvalue weighted by Crippen LogP contribution is 2.46. The third-order valence-electron chi connectivity index (χ3n) is 11.6. The van der Waals surface area contributed by atoms with Crippen LogP contribution in [0.15, 0.2) is 173 Å². The maximum Gasteiger partial charge on any atom is 0.165 e. The Morgan fingerprint density at radius 3 is 1.91 bits per heavy atom. The van der Waals surface area contributed by atoms with Gasteiger partial charge in [-0.1, -0.05) is 128 Å². The fourth-order valence-corrected chi connectivity index (χ4v) is 9.97. The van der Waals surface area contributed by atoms with E-state index >= 15 is 0 Å². The van der Waals surface area contributed by atoms with Crippen molar-refractivity contribution in [1.29, 1.82) is 0 Å². The van der Waals surface area contributed by atoms with Crippen molar-refractivity contribution in [2.75, 3.05) is 0 Å². The minimum absolute atomic E-state index is 0.454. The number of para-hydroxylation sites is 2. The maximum absolute atomic E-state index is 6.54. The van der Waals surface area contributed by atoms with Gasteiger partial charge in [-0.05, 0) is 77.1 Å². The monoisotopic (exact) mass is 763 g/mol. The van der Waals surface area contributed by atoms with Crippen LogP contribution in [0.2, 0.25) is 0 Å². The van der Waals surface area contributed by atoms with Crippen LogP contribution >= 0.6 is 11.3 Å². The quantitative estimate of drug-likeness (QED) is 0.175. The van der Waals surface area contributed by atoms with Crippen LogP contribution in [-0.4, -0.2) is 15.0 Å². The van der Waals surface area contributed by atoms with Crippen molar-refractivity contribution in [3.8, 4) is 45.3 Å². The van der Waals surface area contributed by atoms with Crippen molar-refractivity contribution >= 4 is 81.0 Å². The van der Waals surface area contributed by atoms with Gasteiger partial charge in [-0.25, -0.2) is 15.0 Å². The van der Waals surface area contributed by atoms with Gasteiger partial charge in [-0.15, -0.1) is 11.3 Å². The molecule has 11 aromatic rings. The minimum atomic E-state index is 0.454. The summed E-state index contributed by atoms with van der Waals surface area (Å²) in [6, 6.07) is 50.8. The first-order valence-corrected chi connectivity index (χ1v) is 20.5. The lowest BCUT2D eigenvalue weighted by molar-refractivity contribution is 0.669. The number of allylic oxidation sites excluding steroid dienone is 4. The highest BCUT2D eigenvalue weighted by atomic mass is 32.1. The molecule has 4 aromatic heterocycles. The SMILES string of the molecule is CC1CC=CC=C1c1ccc(-c2nc(-c3ccc4c(c3)sc3ccccc34)nc(-c3c(-c4cccc5oc6ccccc6c45)ccc4oc5ccccc5c34)n2)cc1. The Morgan fingerprint density at radius 1 is 0.500 bits per heavy atom. The first-order valence-electron chi connectivity index (χ1n) is 19.7. The van der Waals surface area contributed by atoms with E-state index in [2.05, 4.69) is 140 Å². The molecule has 0 radical (unpaired) electrons. The molecule has 274 valence electrons. The molecule has 0 bridgehead atoms. The molecule has 0 saturated carbocycles. The molecular weight excluding hydrogens is 731 g/mol. The van der Waals surface area contributed by atoms with Gasteiger partial charge in [-0.2, -0.15) is 0 Å². The third kappa shape index (κ3) is 5.19. The zero-order valence-electron chi connectivity index (χ0n) is 31.4. The molecule has 7 aromatic carbocycles. The van der Waals surface area contributed by atoms with Gasteiger partial charge in [0.2, 0.25) is 0 Å². The number of hydrogen-bond donors (Lipinski definition) is 0. The predicted octanol–water partition coefficient (Wildman–Crippen LogP) is 14.7. The Hall–Kier alpha value is -7.15. The van der Waals surface area contributed by atoms with Crippen molar-refractivity contribution in [3.05, 3.63) is 169 Å². The van der Waals surface area contributed by atoms with Crippen molar-refractivity contribution in [2.45, 2.75) is 13.3 Å². The number of rotatable bonds is 5. The van der Waals surface area contributed by atoms with E-state index < -0.39 is 0 Å². The van der Waals surface area contributed by atoms with E-state index in [1.54, 1.807) is 11.3 Å². The summed E-state index contributed by atoms with van der Waals surface area (Å²) in [5, 5.41) is 6.56. The van der Waals surface area contributed by atoms with E-state index in [0.717, 1.165) is 78.1 Å². The number of nitrogens with zero attached hydrogens (tertiary/aromatic N) is 3. The minimum Gasteiger partial charge on any atom is -0.456 e. The Bertz CT molecular complexity index is 3510.